The molecule has 0 saturated heterocycles. The van der Waals surface area contributed by atoms with Gasteiger partial charge in [0.05, 0.1) is 4.90 Å². The van der Waals surface area contributed by atoms with Crippen molar-refractivity contribution in [1.82, 2.24) is 9.62 Å². The molecule has 0 atom stereocenters. The summed E-state index contributed by atoms with van der Waals surface area (Å²) in [7, 11) is -0.510. The quantitative estimate of drug-likeness (QED) is 0.854. The summed E-state index contributed by atoms with van der Waals surface area (Å²) in [5.74, 6) is 0.279. The van der Waals surface area contributed by atoms with Crippen LogP contribution >= 0.6 is 0 Å². The average Bonchev–Trinajstić information content (AvgIpc) is 2.36. The summed E-state index contributed by atoms with van der Waals surface area (Å²) >= 11 is 0. The van der Waals surface area contributed by atoms with Crippen LogP contribution < -0.4 is 10.1 Å². The van der Waals surface area contributed by atoms with Crippen LogP contribution in [0.2, 0.25) is 0 Å². The fourth-order valence-electron chi connectivity index (χ4n) is 1.66. The standard InChI is InChI=1S/C14H22N2O4S/c1-10(2)15-14(17)9-20-13-7-6-12(8-11(13)3)21(18,19)16(4)5/h6-8,10H,9H2,1-5H3,(H,15,17). The fraction of sp³-hybridized carbons (Fsp3) is 0.500. The van der Waals surface area contributed by atoms with Gasteiger partial charge in [-0.1, -0.05) is 0 Å². The first-order valence-electron chi connectivity index (χ1n) is 6.60. The van der Waals surface area contributed by atoms with Gasteiger partial charge in [0.25, 0.3) is 5.91 Å². The Morgan fingerprint density at radius 2 is 1.95 bits per heavy atom. The first kappa shape index (κ1) is 17.5. The van der Waals surface area contributed by atoms with Crippen molar-refractivity contribution in [2.45, 2.75) is 31.7 Å². The minimum Gasteiger partial charge on any atom is -0.484 e. The zero-order chi connectivity index (χ0) is 16.2. The van der Waals surface area contributed by atoms with Crippen molar-refractivity contribution < 1.29 is 17.9 Å². The van der Waals surface area contributed by atoms with E-state index in [1.165, 1.54) is 26.2 Å². The van der Waals surface area contributed by atoms with Gasteiger partial charge in [-0.3, -0.25) is 4.79 Å². The Balaban J connectivity index is 2.83. The van der Waals surface area contributed by atoms with Gasteiger partial charge < -0.3 is 10.1 Å². The fourth-order valence-corrected chi connectivity index (χ4v) is 2.65. The van der Waals surface area contributed by atoms with Crippen molar-refractivity contribution in [3.05, 3.63) is 23.8 Å². The Labute approximate surface area is 126 Å². The van der Waals surface area contributed by atoms with Crippen molar-refractivity contribution in [1.29, 1.82) is 0 Å². The third kappa shape index (κ3) is 4.71. The number of ether oxygens (including phenoxy) is 1. The van der Waals surface area contributed by atoms with E-state index in [0.29, 0.717) is 11.3 Å². The van der Waals surface area contributed by atoms with Gasteiger partial charge in [-0.05, 0) is 44.5 Å². The molecule has 0 bridgehead atoms. The molecule has 21 heavy (non-hydrogen) atoms. The molecule has 0 spiro atoms. The monoisotopic (exact) mass is 314 g/mol. The second kappa shape index (κ2) is 6.91. The lowest BCUT2D eigenvalue weighted by atomic mass is 10.2. The van der Waals surface area contributed by atoms with Crippen LogP contribution in [0.4, 0.5) is 0 Å². The molecule has 118 valence electrons. The molecule has 1 aromatic rings. The van der Waals surface area contributed by atoms with Gasteiger partial charge in [0.2, 0.25) is 10.0 Å². The van der Waals surface area contributed by atoms with Gasteiger partial charge in [0.15, 0.2) is 6.61 Å². The van der Waals surface area contributed by atoms with Gasteiger partial charge in [-0.25, -0.2) is 12.7 Å². The highest BCUT2D eigenvalue weighted by atomic mass is 32.2. The zero-order valence-corrected chi connectivity index (χ0v) is 13.8. The van der Waals surface area contributed by atoms with E-state index >= 15 is 0 Å². The van der Waals surface area contributed by atoms with Crippen molar-refractivity contribution in [3.63, 3.8) is 0 Å². The van der Waals surface area contributed by atoms with Gasteiger partial charge in [0.1, 0.15) is 5.75 Å². The van der Waals surface area contributed by atoms with Crippen molar-refractivity contribution in [3.8, 4) is 5.75 Å². The molecule has 0 heterocycles. The van der Waals surface area contributed by atoms with E-state index in [-0.39, 0.29) is 23.5 Å². The van der Waals surface area contributed by atoms with E-state index in [1.54, 1.807) is 13.0 Å². The maximum absolute atomic E-state index is 12.0. The maximum Gasteiger partial charge on any atom is 0.258 e. The number of aryl methyl sites for hydroxylation is 1. The molecule has 0 saturated carbocycles. The smallest absolute Gasteiger partial charge is 0.258 e. The summed E-state index contributed by atoms with van der Waals surface area (Å²) in [6.45, 7) is 5.37. The zero-order valence-electron chi connectivity index (χ0n) is 13.0. The third-order valence-electron chi connectivity index (χ3n) is 2.73. The Morgan fingerprint density at radius 1 is 1.33 bits per heavy atom. The number of benzene rings is 1. The molecule has 7 heteroatoms. The summed E-state index contributed by atoms with van der Waals surface area (Å²) < 4.78 is 30.6. The molecule has 1 N–H and O–H groups in total. The van der Waals surface area contributed by atoms with E-state index in [2.05, 4.69) is 5.32 Å². The Kier molecular flexibility index (Phi) is 5.74. The first-order chi connectivity index (χ1) is 9.64. The molecule has 0 aliphatic heterocycles. The first-order valence-corrected chi connectivity index (χ1v) is 8.04. The Morgan fingerprint density at radius 3 is 2.43 bits per heavy atom. The van der Waals surface area contributed by atoms with E-state index in [9.17, 15) is 13.2 Å². The summed E-state index contributed by atoms with van der Waals surface area (Å²) in [6, 6.07) is 4.62. The molecule has 1 rings (SSSR count). The Bertz CT molecular complexity index is 609. The van der Waals surface area contributed by atoms with Crippen molar-refractivity contribution in [2.24, 2.45) is 0 Å². The lowest BCUT2D eigenvalue weighted by Crippen LogP contribution is -2.34. The van der Waals surface area contributed by atoms with Crippen LogP contribution in [0.1, 0.15) is 19.4 Å². The molecular weight excluding hydrogens is 292 g/mol. The summed E-state index contributed by atoms with van der Waals surface area (Å²) in [5, 5.41) is 2.72. The number of carbonyl (C=O) groups excluding carboxylic acids is 1. The van der Waals surface area contributed by atoms with Crippen LogP contribution in [0.25, 0.3) is 0 Å². The normalized spacial score (nSPS) is 11.8. The number of amides is 1. The predicted octanol–water partition coefficient (Wildman–Crippen LogP) is 1.15. The number of carbonyl (C=O) groups is 1. The highest BCUT2D eigenvalue weighted by Crippen LogP contribution is 2.23. The number of hydrogen-bond acceptors (Lipinski definition) is 4. The molecule has 6 nitrogen and oxygen atoms in total. The van der Waals surface area contributed by atoms with E-state index in [0.717, 1.165) is 4.31 Å². The molecule has 0 aliphatic carbocycles. The van der Waals surface area contributed by atoms with Crippen molar-refractivity contribution >= 4 is 15.9 Å². The molecule has 1 amide bonds. The molecule has 0 aromatic heterocycles. The number of hydrogen-bond donors (Lipinski definition) is 1. The second-order valence-corrected chi connectivity index (χ2v) is 7.38. The second-order valence-electron chi connectivity index (χ2n) is 5.23. The summed E-state index contributed by atoms with van der Waals surface area (Å²) in [4.78, 5) is 11.7. The molecule has 0 fully saturated rings. The van der Waals surface area contributed by atoms with Crippen LogP contribution in [0.15, 0.2) is 23.1 Å². The van der Waals surface area contributed by atoms with Crippen LogP contribution in [-0.2, 0) is 14.8 Å². The lowest BCUT2D eigenvalue weighted by Gasteiger charge is -2.14. The minimum absolute atomic E-state index is 0.0507. The molecule has 0 radical (unpaired) electrons. The van der Waals surface area contributed by atoms with Crippen LogP contribution in [0.5, 0.6) is 5.75 Å². The van der Waals surface area contributed by atoms with Gasteiger partial charge in [-0.15, -0.1) is 0 Å². The Hall–Kier alpha value is -1.60. The lowest BCUT2D eigenvalue weighted by molar-refractivity contribution is -0.123. The SMILES string of the molecule is Cc1cc(S(=O)(=O)N(C)C)ccc1OCC(=O)NC(C)C. The highest BCUT2D eigenvalue weighted by molar-refractivity contribution is 7.89. The molecule has 0 aliphatic rings. The number of rotatable bonds is 6. The van der Waals surface area contributed by atoms with Crippen LogP contribution in [0.3, 0.4) is 0 Å². The maximum atomic E-state index is 12.0. The van der Waals surface area contributed by atoms with E-state index < -0.39 is 10.0 Å². The average molecular weight is 314 g/mol. The third-order valence-corrected chi connectivity index (χ3v) is 4.54. The number of sulfonamides is 1. The number of nitrogens with zero attached hydrogens (tertiary/aromatic N) is 1. The largest absolute Gasteiger partial charge is 0.484 e. The summed E-state index contributed by atoms with van der Waals surface area (Å²) in [5.41, 5.74) is 0.662. The predicted molar refractivity (Wildman–Crippen MR) is 80.8 cm³/mol. The van der Waals surface area contributed by atoms with Crippen LogP contribution in [-0.4, -0.2) is 45.4 Å². The van der Waals surface area contributed by atoms with Crippen molar-refractivity contribution in [2.75, 3.05) is 20.7 Å². The molecule has 0 unspecified atom stereocenters. The van der Waals surface area contributed by atoms with E-state index in [4.69, 9.17) is 4.74 Å². The van der Waals surface area contributed by atoms with Gasteiger partial charge in [-0.2, -0.15) is 0 Å². The van der Waals surface area contributed by atoms with Crippen LogP contribution in [0, 0.1) is 6.92 Å². The summed E-state index contributed by atoms with van der Waals surface area (Å²) in [6.07, 6.45) is 0. The van der Waals surface area contributed by atoms with Gasteiger partial charge in [0, 0.05) is 20.1 Å². The number of nitrogens with one attached hydrogen (secondary N) is 1. The van der Waals surface area contributed by atoms with Gasteiger partial charge >= 0.3 is 0 Å². The topological polar surface area (TPSA) is 75.7 Å². The molecule has 1 aromatic carbocycles. The molecular formula is C14H22N2O4S. The highest BCUT2D eigenvalue weighted by Gasteiger charge is 2.18. The minimum atomic E-state index is -3.46. The van der Waals surface area contributed by atoms with E-state index in [1.807, 2.05) is 13.8 Å².